The van der Waals surface area contributed by atoms with Crippen LogP contribution in [0.3, 0.4) is 0 Å². The minimum absolute atomic E-state index is 0.142. The van der Waals surface area contributed by atoms with Gasteiger partial charge >= 0.3 is 0 Å². The Bertz CT molecular complexity index is 446. The van der Waals surface area contributed by atoms with Gasteiger partial charge in [-0.25, -0.2) is 5.43 Å². The van der Waals surface area contributed by atoms with Gasteiger partial charge in [0.25, 0.3) is 0 Å². The average Bonchev–Trinajstić information content (AvgIpc) is 2.84. The van der Waals surface area contributed by atoms with Crippen molar-refractivity contribution in [1.82, 2.24) is 15.0 Å². The molecular formula is C10H12N4OS. The lowest BCUT2D eigenvalue weighted by molar-refractivity contribution is 0.404. The highest BCUT2D eigenvalue weighted by Gasteiger charge is 2.18. The summed E-state index contributed by atoms with van der Waals surface area (Å²) in [4.78, 5) is 0.951. The molecule has 3 N–H and O–H groups in total. The van der Waals surface area contributed by atoms with Crippen LogP contribution in [0.25, 0.3) is 0 Å². The Hall–Kier alpha value is -1.50. The molecule has 2 rings (SSSR count). The fourth-order valence-corrected chi connectivity index (χ4v) is 2.12. The Morgan fingerprint density at radius 1 is 1.44 bits per heavy atom. The first-order valence-corrected chi connectivity index (χ1v) is 5.50. The van der Waals surface area contributed by atoms with Crippen molar-refractivity contribution in [3.8, 4) is 5.75 Å². The summed E-state index contributed by atoms with van der Waals surface area (Å²) < 4.78 is 9.12. The number of nitrogens with zero attached hydrogens (tertiary/aromatic N) is 2. The molecule has 16 heavy (non-hydrogen) atoms. The van der Waals surface area contributed by atoms with Crippen molar-refractivity contribution in [2.75, 3.05) is 7.11 Å². The van der Waals surface area contributed by atoms with Crippen LogP contribution in [0.15, 0.2) is 30.5 Å². The van der Waals surface area contributed by atoms with Gasteiger partial charge in [0.1, 0.15) is 5.75 Å². The Balaban J connectivity index is 2.41. The standard InChI is InChI=1S/C10H12N4OS/c1-15-8-5-3-2-4-7(8)10(13-11)9-6-12-14-16-9/h2-6,10,13H,11H2,1H3. The first-order chi connectivity index (χ1) is 7.86. The van der Waals surface area contributed by atoms with Crippen LogP contribution in [0.5, 0.6) is 5.75 Å². The van der Waals surface area contributed by atoms with Crippen LogP contribution in [0.4, 0.5) is 0 Å². The molecule has 1 aromatic heterocycles. The second-order valence-corrected chi connectivity index (χ2v) is 3.98. The fourth-order valence-electron chi connectivity index (χ4n) is 1.53. The van der Waals surface area contributed by atoms with Crippen LogP contribution >= 0.6 is 11.5 Å². The summed E-state index contributed by atoms with van der Waals surface area (Å²) in [5, 5.41) is 3.80. The molecule has 0 saturated carbocycles. The number of hydrazine groups is 1. The van der Waals surface area contributed by atoms with E-state index >= 15 is 0 Å². The van der Waals surface area contributed by atoms with Gasteiger partial charge in [0.15, 0.2) is 0 Å². The van der Waals surface area contributed by atoms with E-state index in [1.54, 1.807) is 13.3 Å². The van der Waals surface area contributed by atoms with E-state index in [-0.39, 0.29) is 6.04 Å². The lowest BCUT2D eigenvalue weighted by Gasteiger charge is -2.16. The average molecular weight is 236 g/mol. The molecule has 0 spiro atoms. The number of benzene rings is 1. The lowest BCUT2D eigenvalue weighted by Crippen LogP contribution is -2.28. The predicted octanol–water partition coefficient (Wildman–Crippen LogP) is 1.10. The van der Waals surface area contributed by atoms with Gasteiger partial charge in [-0.2, -0.15) is 0 Å². The van der Waals surface area contributed by atoms with Crippen LogP contribution < -0.4 is 16.0 Å². The van der Waals surface area contributed by atoms with Gasteiger partial charge in [-0.05, 0) is 17.6 Å². The molecule has 0 aliphatic rings. The normalized spacial score (nSPS) is 12.4. The molecular weight excluding hydrogens is 224 g/mol. The molecule has 84 valence electrons. The van der Waals surface area contributed by atoms with Gasteiger partial charge in [-0.3, -0.25) is 5.84 Å². The summed E-state index contributed by atoms with van der Waals surface area (Å²) >= 11 is 1.31. The summed E-state index contributed by atoms with van der Waals surface area (Å²) in [6.07, 6.45) is 1.70. The van der Waals surface area contributed by atoms with Crippen molar-refractivity contribution in [2.45, 2.75) is 6.04 Å². The maximum Gasteiger partial charge on any atom is 0.124 e. The molecule has 6 heteroatoms. The summed E-state index contributed by atoms with van der Waals surface area (Å²) in [6.45, 7) is 0. The second-order valence-electron chi connectivity index (χ2n) is 3.16. The molecule has 0 saturated heterocycles. The van der Waals surface area contributed by atoms with E-state index in [0.29, 0.717) is 0 Å². The predicted molar refractivity (Wildman–Crippen MR) is 62.1 cm³/mol. The van der Waals surface area contributed by atoms with Crippen LogP contribution in [0.1, 0.15) is 16.5 Å². The number of nitrogens with two attached hydrogens (primary N) is 1. The molecule has 1 unspecified atom stereocenters. The topological polar surface area (TPSA) is 73.1 Å². The maximum absolute atomic E-state index is 5.57. The zero-order valence-electron chi connectivity index (χ0n) is 8.75. The van der Waals surface area contributed by atoms with Gasteiger partial charge < -0.3 is 4.74 Å². The minimum atomic E-state index is -0.142. The number of ether oxygens (including phenoxy) is 1. The van der Waals surface area contributed by atoms with Crippen molar-refractivity contribution in [2.24, 2.45) is 5.84 Å². The Kier molecular flexibility index (Phi) is 3.45. The van der Waals surface area contributed by atoms with E-state index in [1.807, 2.05) is 24.3 Å². The number of methoxy groups -OCH3 is 1. The van der Waals surface area contributed by atoms with E-state index < -0.39 is 0 Å². The van der Waals surface area contributed by atoms with E-state index in [9.17, 15) is 0 Å². The van der Waals surface area contributed by atoms with Gasteiger partial charge in [0.2, 0.25) is 0 Å². The molecule has 2 aromatic rings. The zero-order valence-corrected chi connectivity index (χ0v) is 9.57. The third-order valence-electron chi connectivity index (χ3n) is 2.28. The minimum Gasteiger partial charge on any atom is -0.496 e. The summed E-state index contributed by atoms with van der Waals surface area (Å²) in [6, 6.07) is 7.57. The molecule has 5 nitrogen and oxygen atoms in total. The monoisotopic (exact) mass is 236 g/mol. The van der Waals surface area contributed by atoms with E-state index in [4.69, 9.17) is 10.6 Å². The van der Waals surface area contributed by atoms with Gasteiger partial charge in [-0.1, -0.05) is 22.7 Å². The Labute approximate surface area is 97.4 Å². The molecule has 0 fully saturated rings. The number of aromatic nitrogens is 2. The maximum atomic E-state index is 5.57. The molecule has 0 bridgehead atoms. The van der Waals surface area contributed by atoms with Crippen molar-refractivity contribution in [3.05, 3.63) is 40.9 Å². The van der Waals surface area contributed by atoms with Gasteiger partial charge in [0, 0.05) is 5.56 Å². The molecule has 1 aromatic carbocycles. The fraction of sp³-hybridized carbons (Fsp3) is 0.200. The number of hydrogen-bond donors (Lipinski definition) is 2. The van der Waals surface area contributed by atoms with Crippen molar-refractivity contribution in [1.29, 1.82) is 0 Å². The third kappa shape index (κ3) is 2.04. The van der Waals surface area contributed by atoms with Crippen LogP contribution in [0, 0.1) is 0 Å². The highest BCUT2D eigenvalue weighted by atomic mass is 32.1. The SMILES string of the molecule is COc1ccccc1C(NN)c1cnns1. The van der Waals surface area contributed by atoms with Crippen LogP contribution in [-0.4, -0.2) is 16.7 Å². The Morgan fingerprint density at radius 3 is 2.88 bits per heavy atom. The molecule has 1 heterocycles. The summed E-state index contributed by atoms with van der Waals surface area (Å²) in [5.41, 5.74) is 3.72. The highest BCUT2D eigenvalue weighted by Crippen LogP contribution is 2.30. The molecule has 0 radical (unpaired) electrons. The smallest absolute Gasteiger partial charge is 0.124 e. The van der Waals surface area contributed by atoms with Crippen LogP contribution in [-0.2, 0) is 0 Å². The first-order valence-electron chi connectivity index (χ1n) is 4.73. The summed E-state index contributed by atoms with van der Waals surface area (Å²) in [5.74, 6) is 6.36. The van der Waals surface area contributed by atoms with Crippen molar-refractivity contribution >= 4 is 11.5 Å². The molecule has 1 atom stereocenters. The zero-order chi connectivity index (χ0) is 11.4. The molecule has 0 aliphatic heterocycles. The Morgan fingerprint density at radius 2 is 2.25 bits per heavy atom. The van der Waals surface area contributed by atoms with Gasteiger partial charge in [0.05, 0.1) is 24.2 Å². The van der Waals surface area contributed by atoms with E-state index in [2.05, 4.69) is 15.0 Å². The van der Waals surface area contributed by atoms with Gasteiger partial charge in [-0.15, -0.1) is 5.10 Å². The quantitative estimate of drug-likeness (QED) is 0.614. The molecule has 0 aliphatic carbocycles. The number of para-hydroxylation sites is 1. The van der Waals surface area contributed by atoms with Crippen LogP contribution in [0.2, 0.25) is 0 Å². The number of hydrogen-bond acceptors (Lipinski definition) is 6. The first kappa shape index (κ1) is 11.0. The molecule has 0 amide bonds. The second kappa shape index (κ2) is 5.02. The van der Waals surface area contributed by atoms with Crippen molar-refractivity contribution < 1.29 is 4.74 Å². The lowest BCUT2D eigenvalue weighted by atomic mass is 10.1. The number of rotatable bonds is 4. The van der Waals surface area contributed by atoms with E-state index in [1.165, 1.54) is 11.5 Å². The highest BCUT2D eigenvalue weighted by molar-refractivity contribution is 7.05. The van der Waals surface area contributed by atoms with Crippen molar-refractivity contribution in [3.63, 3.8) is 0 Å². The third-order valence-corrected chi connectivity index (χ3v) is 3.01. The largest absolute Gasteiger partial charge is 0.496 e. The van der Waals surface area contributed by atoms with E-state index in [0.717, 1.165) is 16.2 Å². The number of nitrogens with one attached hydrogen (secondary N) is 1. The summed E-state index contributed by atoms with van der Waals surface area (Å²) in [7, 11) is 1.64.